The van der Waals surface area contributed by atoms with Crippen LogP contribution in [0.1, 0.15) is 23.6 Å². The van der Waals surface area contributed by atoms with Crippen LogP contribution in [0.15, 0.2) is 53.5 Å². The molecule has 3 nitrogen and oxygen atoms in total. The molecule has 0 aliphatic carbocycles. The van der Waals surface area contributed by atoms with Crippen LogP contribution in [0.25, 0.3) is 0 Å². The van der Waals surface area contributed by atoms with E-state index in [0.717, 1.165) is 18.5 Å². The van der Waals surface area contributed by atoms with Crippen LogP contribution in [0.4, 0.5) is 5.69 Å². The lowest BCUT2D eigenvalue weighted by molar-refractivity contribution is -0.118. The number of nitrogens with one attached hydrogen (secondary N) is 1. The molecule has 1 fully saturated rings. The second kappa shape index (κ2) is 7.01. The van der Waals surface area contributed by atoms with E-state index in [2.05, 4.69) is 60.6 Å². The maximum absolute atomic E-state index is 12.1. The van der Waals surface area contributed by atoms with Crippen LogP contribution in [-0.2, 0) is 17.6 Å². The fourth-order valence-electron chi connectivity index (χ4n) is 2.45. The number of amidine groups is 1. The first-order chi connectivity index (χ1) is 11.1. The SMILES string of the molecule is CCc1ccc(N=C2NC(=O)C(Cc3ccc(C)cc3)S2)cc1. The third-order valence-corrected chi connectivity index (χ3v) is 4.98. The van der Waals surface area contributed by atoms with E-state index in [4.69, 9.17) is 0 Å². The average molecular weight is 324 g/mol. The van der Waals surface area contributed by atoms with Gasteiger partial charge in [0.25, 0.3) is 0 Å². The summed E-state index contributed by atoms with van der Waals surface area (Å²) < 4.78 is 0. The van der Waals surface area contributed by atoms with Gasteiger partial charge in [-0.25, -0.2) is 4.99 Å². The topological polar surface area (TPSA) is 41.5 Å². The third-order valence-electron chi connectivity index (χ3n) is 3.89. The van der Waals surface area contributed by atoms with Crippen molar-refractivity contribution >= 4 is 28.5 Å². The maximum Gasteiger partial charge on any atom is 0.239 e. The molecule has 1 unspecified atom stereocenters. The van der Waals surface area contributed by atoms with Gasteiger partial charge in [0.05, 0.1) is 10.9 Å². The Bertz CT molecular complexity index is 720. The normalized spacial score (nSPS) is 19.1. The van der Waals surface area contributed by atoms with Crippen molar-refractivity contribution in [3.05, 3.63) is 65.2 Å². The zero-order valence-electron chi connectivity index (χ0n) is 13.4. The number of aryl methyl sites for hydroxylation is 2. The van der Waals surface area contributed by atoms with Crippen molar-refractivity contribution in [3.8, 4) is 0 Å². The highest BCUT2D eigenvalue weighted by molar-refractivity contribution is 8.15. The molecule has 0 bridgehead atoms. The first-order valence-corrected chi connectivity index (χ1v) is 8.72. The Kier molecular flexibility index (Phi) is 4.82. The van der Waals surface area contributed by atoms with Crippen molar-refractivity contribution in [3.63, 3.8) is 0 Å². The summed E-state index contributed by atoms with van der Waals surface area (Å²) in [6, 6.07) is 16.5. The first kappa shape index (κ1) is 15.8. The second-order valence-corrected chi connectivity index (χ2v) is 6.91. The van der Waals surface area contributed by atoms with Crippen LogP contribution in [0, 0.1) is 6.92 Å². The summed E-state index contributed by atoms with van der Waals surface area (Å²) in [5.41, 5.74) is 4.57. The number of thioether (sulfide) groups is 1. The lowest BCUT2D eigenvalue weighted by atomic mass is 10.1. The van der Waals surface area contributed by atoms with Crippen LogP contribution in [0.2, 0.25) is 0 Å². The zero-order chi connectivity index (χ0) is 16.2. The fraction of sp³-hybridized carbons (Fsp3) is 0.263. The lowest BCUT2D eigenvalue weighted by Crippen LogP contribution is -2.25. The van der Waals surface area contributed by atoms with Crippen molar-refractivity contribution in [2.45, 2.75) is 31.9 Å². The number of amides is 1. The van der Waals surface area contributed by atoms with Gasteiger partial charge in [0, 0.05) is 0 Å². The van der Waals surface area contributed by atoms with E-state index in [0.29, 0.717) is 5.17 Å². The van der Waals surface area contributed by atoms with Crippen molar-refractivity contribution in [2.24, 2.45) is 4.99 Å². The molecule has 1 N–H and O–H groups in total. The van der Waals surface area contributed by atoms with Crippen LogP contribution in [0.3, 0.4) is 0 Å². The smallest absolute Gasteiger partial charge is 0.239 e. The van der Waals surface area contributed by atoms with Crippen molar-refractivity contribution in [1.29, 1.82) is 0 Å². The molecule has 1 amide bonds. The molecule has 1 aliphatic rings. The molecule has 0 spiro atoms. The monoisotopic (exact) mass is 324 g/mol. The number of carbonyl (C=O) groups excluding carboxylic acids is 1. The van der Waals surface area contributed by atoms with E-state index >= 15 is 0 Å². The number of carbonyl (C=O) groups is 1. The Morgan fingerprint density at radius 3 is 2.35 bits per heavy atom. The van der Waals surface area contributed by atoms with E-state index in [9.17, 15) is 4.79 Å². The molecule has 2 aromatic carbocycles. The average Bonchev–Trinajstić information content (AvgIpc) is 2.90. The fourth-order valence-corrected chi connectivity index (χ4v) is 3.48. The summed E-state index contributed by atoms with van der Waals surface area (Å²) in [6.07, 6.45) is 1.74. The van der Waals surface area contributed by atoms with Gasteiger partial charge in [-0.3, -0.25) is 4.79 Å². The Hall–Kier alpha value is -2.07. The van der Waals surface area contributed by atoms with E-state index in [1.54, 1.807) is 0 Å². The minimum absolute atomic E-state index is 0.0412. The standard InChI is InChI=1S/C19H20N2OS/c1-3-14-8-10-16(11-9-14)20-19-21-18(22)17(23-19)12-15-6-4-13(2)5-7-15/h4-11,17H,3,12H2,1-2H3,(H,20,21,22). The molecule has 1 aliphatic heterocycles. The van der Waals surface area contributed by atoms with E-state index in [1.807, 2.05) is 12.1 Å². The van der Waals surface area contributed by atoms with Gasteiger partial charge in [0.2, 0.25) is 5.91 Å². The first-order valence-electron chi connectivity index (χ1n) is 7.85. The summed E-state index contributed by atoms with van der Waals surface area (Å²) in [5.74, 6) is 0.0412. The molecule has 2 aromatic rings. The van der Waals surface area contributed by atoms with Gasteiger partial charge in [-0.1, -0.05) is 60.6 Å². The Morgan fingerprint density at radius 1 is 1.04 bits per heavy atom. The molecule has 118 valence electrons. The summed E-state index contributed by atoms with van der Waals surface area (Å²) >= 11 is 1.51. The number of hydrogen-bond acceptors (Lipinski definition) is 3. The van der Waals surface area contributed by atoms with Gasteiger partial charge in [0.1, 0.15) is 0 Å². The molecule has 23 heavy (non-hydrogen) atoms. The zero-order valence-corrected chi connectivity index (χ0v) is 14.2. The van der Waals surface area contributed by atoms with Gasteiger partial charge < -0.3 is 5.32 Å². The van der Waals surface area contributed by atoms with Crippen LogP contribution >= 0.6 is 11.8 Å². The molecule has 0 saturated carbocycles. The Balaban J connectivity index is 1.68. The number of nitrogens with zero attached hydrogens (tertiary/aromatic N) is 1. The molecule has 1 saturated heterocycles. The summed E-state index contributed by atoms with van der Waals surface area (Å²) in [7, 11) is 0. The predicted molar refractivity (Wildman–Crippen MR) is 97.3 cm³/mol. The van der Waals surface area contributed by atoms with Crippen LogP contribution in [0.5, 0.6) is 0 Å². The summed E-state index contributed by atoms with van der Waals surface area (Å²) in [6.45, 7) is 4.19. The highest BCUT2D eigenvalue weighted by atomic mass is 32.2. The second-order valence-electron chi connectivity index (χ2n) is 5.72. The van der Waals surface area contributed by atoms with E-state index < -0.39 is 0 Å². The van der Waals surface area contributed by atoms with Gasteiger partial charge in [-0.2, -0.15) is 0 Å². The lowest BCUT2D eigenvalue weighted by Gasteiger charge is -2.05. The molecule has 0 aromatic heterocycles. The number of aliphatic imine (C=N–C) groups is 1. The highest BCUT2D eigenvalue weighted by Gasteiger charge is 2.30. The molecular formula is C19H20N2OS. The number of benzene rings is 2. The highest BCUT2D eigenvalue weighted by Crippen LogP contribution is 2.26. The number of hydrogen-bond donors (Lipinski definition) is 1. The van der Waals surface area contributed by atoms with Crippen LogP contribution < -0.4 is 5.32 Å². The Labute approximate surface area is 141 Å². The maximum atomic E-state index is 12.1. The van der Waals surface area contributed by atoms with Gasteiger partial charge >= 0.3 is 0 Å². The van der Waals surface area contributed by atoms with E-state index in [1.165, 1.54) is 28.5 Å². The van der Waals surface area contributed by atoms with E-state index in [-0.39, 0.29) is 11.2 Å². The molecule has 4 heteroatoms. The molecule has 1 heterocycles. The third kappa shape index (κ3) is 4.02. The van der Waals surface area contributed by atoms with Gasteiger partial charge in [0.15, 0.2) is 5.17 Å². The molecular weight excluding hydrogens is 304 g/mol. The van der Waals surface area contributed by atoms with Crippen molar-refractivity contribution < 1.29 is 4.79 Å². The minimum Gasteiger partial charge on any atom is -0.304 e. The van der Waals surface area contributed by atoms with Crippen molar-refractivity contribution in [2.75, 3.05) is 0 Å². The quantitative estimate of drug-likeness (QED) is 0.923. The molecule has 0 radical (unpaired) electrons. The van der Waals surface area contributed by atoms with Crippen molar-refractivity contribution in [1.82, 2.24) is 5.32 Å². The molecule has 1 atom stereocenters. The minimum atomic E-state index is -0.105. The van der Waals surface area contributed by atoms with Gasteiger partial charge in [-0.05, 0) is 43.0 Å². The largest absolute Gasteiger partial charge is 0.304 e. The Morgan fingerprint density at radius 2 is 1.70 bits per heavy atom. The summed E-state index contributed by atoms with van der Waals surface area (Å²) in [4.78, 5) is 16.7. The predicted octanol–water partition coefficient (Wildman–Crippen LogP) is 4.02. The van der Waals surface area contributed by atoms with Gasteiger partial charge in [-0.15, -0.1) is 0 Å². The molecule has 3 rings (SSSR count). The van der Waals surface area contributed by atoms with Crippen LogP contribution in [-0.4, -0.2) is 16.3 Å². The summed E-state index contributed by atoms with van der Waals surface area (Å²) in [5, 5.41) is 3.47. The number of rotatable bonds is 4.